The van der Waals surface area contributed by atoms with E-state index in [0.717, 1.165) is 53.8 Å². The molecule has 1 aliphatic heterocycles. The minimum absolute atomic E-state index is 0.245. The first kappa shape index (κ1) is 25.3. The summed E-state index contributed by atoms with van der Waals surface area (Å²) in [5.41, 5.74) is 1.55. The van der Waals surface area contributed by atoms with E-state index >= 15 is 0 Å². The molecule has 3 N–H and O–H groups in total. The van der Waals surface area contributed by atoms with Gasteiger partial charge in [-0.15, -0.1) is 15.3 Å². The molecule has 0 unspecified atom stereocenters. The van der Waals surface area contributed by atoms with Gasteiger partial charge >= 0.3 is 6.03 Å². The molecule has 200 valence electrons. The van der Waals surface area contributed by atoms with Gasteiger partial charge in [0, 0.05) is 37.1 Å². The maximum atomic E-state index is 12.4. The highest BCUT2D eigenvalue weighted by Gasteiger charge is 2.16. The van der Waals surface area contributed by atoms with Gasteiger partial charge in [0.2, 0.25) is 5.16 Å². The molecule has 4 aromatic rings. The molecule has 1 aliphatic carbocycles. The number of ether oxygens (including phenoxy) is 1. The summed E-state index contributed by atoms with van der Waals surface area (Å²) < 4.78 is 8.14. The fraction of sp³-hybridized carbons (Fsp3) is 0.480. The molecule has 1 saturated heterocycles. The van der Waals surface area contributed by atoms with Gasteiger partial charge in [0.25, 0.3) is 0 Å². The second kappa shape index (κ2) is 11.8. The molecule has 11 nitrogen and oxygen atoms in total. The Kier molecular flexibility index (Phi) is 7.86. The number of nitrogens with one attached hydrogen (secondary N) is 3. The van der Waals surface area contributed by atoms with Crippen molar-refractivity contribution in [2.24, 2.45) is 0 Å². The Morgan fingerprint density at radius 2 is 1.97 bits per heavy atom. The van der Waals surface area contributed by atoms with Crippen LogP contribution in [0.5, 0.6) is 0 Å². The Morgan fingerprint density at radius 1 is 1.11 bits per heavy atom. The number of urea groups is 1. The minimum atomic E-state index is -0.245. The number of rotatable bonds is 8. The second-order valence-corrected chi connectivity index (χ2v) is 11.6. The number of carbonyl (C=O) groups excluding carboxylic acids is 1. The van der Waals surface area contributed by atoms with E-state index in [1.807, 2.05) is 24.3 Å². The van der Waals surface area contributed by atoms with Crippen LogP contribution in [0.25, 0.3) is 15.9 Å². The summed E-state index contributed by atoms with van der Waals surface area (Å²) in [5, 5.41) is 24.0. The molecular weight excluding hydrogens is 522 g/mol. The van der Waals surface area contributed by atoms with E-state index in [0.29, 0.717) is 28.5 Å². The molecule has 4 heterocycles. The van der Waals surface area contributed by atoms with Crippen LogP contribution in [0.3, 0.4) is 0 Å². The fourth-order valence-corrected chi connectivity index (χ4v) is 6.59. The lowest BCUT2D eigenvalue weighted by atomic mass is 9.95. The molecular formula is C25H31N9O2S2. The number of carbonyl (C=O) groups is 1. The summed E-state index contributed by atoms with van der Waals surface area (Å²) in [5.74, 6) is 0.850. The summed E-state index contributed by atoms with van der Waals surface area (Å²) in [6.07, 6.45) is 6.23. The number of anilines is 2. The number of hydrogen-bond donors (Lipinski definition) is 3. The first-order valence-electron chi connectivity index (χ1n) is 13.1. The summed E-state index contributed by atoms with van der Waals surface area (Å²) in [7, 11) is 0. The molecule has 2 amide bonds. The van der Waals surface area contributed by atoms with E-state index < -0.39 is 0 Å². The van der Waals surface area contributed by atoms with Crippen molar-refractivity contribution in [3.63, 3.8) is 0 Å². The van der Waals surface area contributed by atoms with Crippen LogP contribution < -0.4 is 16.0 Å². The van der Waals surface area contributed by atoms with Crippen LogP contribution in [-0.4, -0.2) is 81.2 Å². The molecule has 0 atom stereocenters. The number of aromatic nitrogens is 5. The molecule has 3 aromatic heterocycles. The number of thiazole rings is 1. The molecule has 1 aromatic carbocycles. The maximum Gasteiger partial charge on any atom is 0.321 e. The molecule has 6 rings (SSSR count). The lowest BCUT2D eigenvalue weighted by Gasteiger charge is -2.26. The van der Waals surface area contributed by atoms with Gasteiger partial charge in [-0.1, -0.05) is 30.6 Å². The van der Waals surface area contributed by atoms with Crippen LogP contribution in [0.1, 0.15) is 32.1 Å². The van der Waals surface area contributed by atoms with E-state index in [2.05, 4.69) is 42.1 Å². The van der Waals surface area contributed by atoms with Crippen LogP contribution >= 0.6 is 23.1 Å². The van der Waals surface area contributed by atoms with Crippen LogP contribution in [0.4, 0.5) is 15.7 Å². The molecule has 2 fully saturated rings. The molecule has 0 spiro atoms. The van der Waals surface area contributed by atoms with Gasteiger partial charge in [0.1, 0.15) is 5.82 Å². The zero-order chi connectivity index (χ0) is 25.7. The van der Waals surface area contributed by atoms with Gasteiger partial charge in [-0.2, -0.15) is 4.52 Å². The highest BCUT2D eigenvalue weighted by Crippen LogP contribution is 2.33. The number of benzene rings is 1. The highest BCUT2D eigenvalue weighted by atomic mass is 32.2. The molecule has 1 saturated carbocycles. The van der Waals surface area contributed by atoms with Crippen molar-refractivity contribution in [3.05, 3.63) is 30.3 Å². The lowest BCUT2D eigenvalue weighted by molar-refractivity contribution is 0.0388. The van der Waals surface area contributed by atoms with Gasteiger partial charge in [0.05, 0.1) is 23.4 Å². The van der Waals surface area contributed by atoms with Gasteiger partial charge in [-0.25, -0.2) is 9.78 Å². The predicted molar refractivity (Wildman–Crippen MR) is 149 cm³/mol. The molecule has 38 heavy (non-hydrogen) atoms. The van der Waals surface area contributed by atoms with Crippen molar-refractivity contribution in [2.45, 2.75) is 48.2 Å². The van der Waals surface area contributed by atoms with Crippen LogP contribution in [-0.2, 0) is 4.74 Å². The van der Waals surface area contributed by atoms with Crippen LogP contribution in [0.15, 0.2) is 40.4 Å². The van der Waals surface area contributed by atoms with Gasteiger partial charge in [-0.3, -0.25) is 10.2 Å². The number of morpholine rings is 1. The zero-order valence-corrected chi connectivity index (χ0v) is 22.7. The lowest BCUT2D eigenvalue weighted by Crippen LogP contribution is -2.42. The Morgan fingerprint density at radius 3 is 2.84 bits per heavy atom. The number of fused-ring (bicyclic) bond motifs is 2. The van der Waals surface area contributed by atoms with Crippen molar-refractivity contribution in [2.75, 3.05) is 50.0 Å². The first-order valence-corrected chi connectivity index (χ1v) is 14.8. The van der Waals surface area contributed by atoms with Crippen LogP contribution in [0, 0.1) is 0 Å². The SMILES string of the molecule is O=C(NCCN1CCOCC1)Nc1nc2ccc(Sc3nnc4ccc(NC5CCCCC5)nn34)cc2s1. The highest BCUT2D eigenvalue weighted by molar-refractivity contribution is 7.99. The maximum absolute atomic E-state index is 12.4. The Bertz CT molecular complexity index is 1400. The van der Waals surface area contributed by atoms with E-state index in [4.69, 9.17) is 9.84 Å². The third-order valence-corrected chi connectivity index (χ3v) is 8.66. The van der Waals surface area contributed by atoms with E-state index in [-0.39, 0.29) is 6.03 Å². The van der Waals surface area contributed by atoms with Crippen molar-refractivity contribution in [1.82, 2.24) is 35.0 Å². The van der Waals surface area contributed by atoms with Crippen LogP contribution in [0.2, 0.25) is 0 Å². The largest absolute Gasteiger partial charge is 0.379 e. The summed E-state index contributed by atoms with van der Waals surface area (Å²) in [6, 6.07) is 10.2. The van der Waals surface area contributed by atoms with Crippen molar-refractivity contribution in [3.8, 4) is 0 Å². The smallest absolute Gasteiger partial charge is 0.321 e. The number of amides is 2. The summed E-state index contributed by atoms with van der Waals surface area (Å²) in [4.78, 5) is 20.2. The van der Waals surface area contributed by atoms with Gasteiger partial charge < -0.3 is 15.4 Å². The number of hydrogen-bond acceptors (Lipinski definition) is 10. The second-order valence-electron chi connectivity index (χ2n) is 9.54. The monoisotopic (exact) mass is 553 g/mol. The molecule has 13 heteroatoms. The topological polar surface area (TPSA) is 122 Å². The van der Waals surface area contributed by atoms with E-state index in [1.54, 1.807) is 4.52 Å². The Labute approximate surface area is 228 Å². The zero-order valence-electron chi connectivity index (χ0n) is 21.1. The predicted octanol–water partition coefficient (Wildman–Crippen LogP) is 4.08. The van der Waals surface area contributed by atoms with Gasteiger partial charge in [0.15, 0.2) is 10.8 Å². The third-order valence-electron chi connectivity index (χ3n) is 6.80. The average Bonchev–Trinajstić information content (AvgIpc) is 3.52. The normalized spacial score (nSPS) is 17.2. The van der Waals surface area contributed by atoms with Crippen molar-refractivity contribution in [1.29, 1.82) is 0 Å². The van der Waals surface area contributed by atoms with E-state index in [1.165, 1.54) is 55.2 Å². The molecule has 0 radical (unpaired) electrons. The standard InChI is InChI=1S/C25H31N9O2S2/c35-23(26-10-11-33-12-14-36-15-13-33)29-24-28-19-7-6-18(16-20(19)38-24)37-25-31-30-22-9-8-21(32-34(22)25)27-17-4-2-1-3-5-17/h6-9,16-17H,1-5,10-15H2,(H,27,32)(H2,26,28,29,35). The molecule has 0 bridgehead atoms. The first-order chi connectivity index (χ1) is 18.7. The average molecular weight is 554 g/mol. The van der Waals surface area contributed by atoms with E-state index in [9.17, 15) is 4.79 Å². The van der Waals surface area contributed by atoms with Crippen molar-refractivity contribution >= 4 is 55.9 Å². The quantitative estimate of drug-likeness (QED) is 0.296. The summed E-state index contributed by atoms with van der Waals surface area (Å²) >= 11 is 2.95. The fourth-order valence-electron chi connectivity index (χ4n) is 4.79. The Hall–Kier alpha value is -3.00. The van der Waals surface area contributed by atoms with Crippen molar-refractivity contribution < 1.29 is 9.53 Å². The number of nitrogens with zero attached hydrogens (tertiary/aromatic N) is 6. The van der Waals surface area contributed by atoms with Gasteiger partial charge in [-0.05, 0) is 54.9 Å². The molecule has 2 aliphatic rings. The third kappa shape index (κ3) is 6.17. The Balaban J connectivity index is 1.08. The minimum Gasteiger partial charge on any atom is -0.379 e. The summed E-state index contributed by atoms with van der Waals surface area (Å²) in [6.45, 7) is 4.69.